The first kappa shape index (κ1) is 16.0. The molecule has 1 aliphatic heterocycles. The fourth-order valence-electron chi connectivity index (χ4n) is 2.77. The number of benzene rings is 1. The second kappa shape index (κ2) is 5.96. The second-order valence-electron chi connectivity index (χ2n) is 6.66. The van der Waals surface area contributed by atoms with Crippen molar-refractivity contribution in [3.05, 3.63) is 29.5 Å². The van der Waals surface area contributed by atoms with Crippen molar-refractivity contribution in [3.63, 3.8) is 0 Å². The number of amides is 1. The van der Waals surface area contributed by atoms with Crippen molar-refractivity contribution in [2.45, 2.75) is 38.8 Å². The van der Waals surface area contributed by atoms with Crippen LogP contribution in [-0.4, -0.2) is 34.7 Å². The number of rotatable bonds is 1. The Bertz CT molecular complexity index is 733. The first-order chi connectivity index (χ1) is 10.9. The van der Waals surface area contributed by atoms with Crippen molar-refractivity contribution in [1.29, 1.82) is 0 Å². The van der Waals surface area contributed by atoms with E-state index in [9.17, 15) is 4.79 Å². The van der Waals surface area contributed by atoms with Gasteiger partial charge >= 0.3 is 6.09 Å². The third-order valence-corrected chi connectivity index (χ3v) is 4.04. The number of H-pyrrole nitrogens is 1. The largest absolute Gasteiger partial charge is 0.491 e. The molecule has 1 N–H and O–H groups in total. The Kier molecular flexibility index (Phi) is 4.15. The van der Waals surface area contributed by atoms with Gasteiger partial charge in [0, 0.05) is 28.5 Å². The maximum atomic E-state index is 12.4. The molecule has 2 heterocycles. The Labute approximate surface area is 140 Å². The van der Waals surface area contributed by atoms with Gasteiger partial charge in [0.25, 0.3) is 0 Å². The Morgan fingerprint density at radius 2 is 2.22 bits per heavy atom. The van der Waals surface area contributed by atoms with Crippen LogP contribution in [-0.2, 0) is 17.2 Å². The van der Waals surface area contributed by atoms with Crippen LogP contribution < -0.4 is 4.74 Å². The first-order valence-corrected chi connectivity index (χ1v) is 8.21. The van der Waals surface area contributed by atoms with Gasteiger partial charge in [-0.3, -0.25) is 0 Å². The summed E-state index contributed by atoms with van der Waals surface area (Å²) in [7, 11) is 0. The molecule has 124 valence electrons. The van der Waals surface area contributed by atoms with Crippen molar-refractivity contribution >= 4 is 28.6 Å². The van der Waals surface area contributed by atoms with Gasteiger partial charge in [0.05, 0.1) is 13.1 Å². The van der Waals surface area contributed by atoms with Crippen molar-refractivity contribution in [3.8, 4) is 5.75 Å². The normalized spacial score (nSPS) is 15.0. The highest BCUT2D eigenvalue weighted by atomic mass is 35.5. The first-order valence-electron chi connectivity index (χ1n) is 7.67. The highest BCUT2D eigenvalue weighted by Crippen LogP contribution is 2.34. The number of carbonyl (C=O) groups excluding carboxylic acids is 1. The minimum atomic E-state index is -0.519. The van der Waals surface area contributed by atoms with E-state index < -0.39 is 5.60 Å². The third kappa shape index (κ3) is 3.24. The van der Waals surface area contributed by atoms with Crippen LogP contribution in [0.5, 0.6) is 5.75 Å². The molecular formula is C17H21ClN2O3. The standard InChI is InChI=1S/C17H21ClN2O3/c1-17(2,3)23-16(21)20-6-7-22-14-5-4-13-15(12(14)10-20)11(8-18)9-19-13/h4-5,9,19H,6-8,10H2,1-3H3. The van der Waals surface area contributed by atoms with Gasteiger partial charge in [-0.2, -0.15) is 0 Å². The summed E-state index contributed by atoms with van der Waals surface area (Å²) in [6.45, 7) is 6.98. The number of aromatic amines is 1. The number of ether oxygens (including phenoxy) is 2. The van der Waals surface area contributed by atoms with Crippen LogP contribution >= 0.6 is 11.6 Å². The Hall–Kier alpha value is -1.88. The molecule has 0 aliphatic carbocycles. The van der Waals surface area contributed by atoms with Gasteiger partial charge in [-0.05, 0) is 38.5 Å². The van der Waals surface area contributed by atoms with Crippen LogP contribution in [0.1, 0.15) is 31.9 Å². The number of hydrogen-bond donors (Lipinski definition) is 1. The van der Waals surface area contributed by atoms with Gasteiger partial charge in [-0.15, -0.1) is 11.6 Å². The predicted molar refractivity (Wildman–Crippen MR) is 90.0 cm³/mol. The van der Waals surface area contributed by atoms with E-state index in [4.69, 9.17) is 21.1 Å². The van der Waals surface area contributed by atoms with Crippen LogP contribution in [0.4, 0.5) is 4.79 Å². The molecule has 0 bridgehead atoms. The van der Waals surface area contributed by atoms with E-state index in [1.165, 1.54) is 0 Å². The lowest BCUT2D eigenvalue weighted by Gasteiger charge is -2.26. The summed E-state index contributed by atoms with van der Waals surface area (Å²) in [4.78, 5) is 17.3. The van der Waals surface area contributed by atoms with E-state index in [1.807, 2.05) is 39.1 Å². The fourth-order valence-corrected chi connectivity index (χ4v) is 2.98. The van der Waals surface area contributed by atoms with Crippen LogP contribution in [0.25, 0.3) is 10.9 Å². The van der Waals surface area contributed by atoms with Crippen LogP contribution in [0.15, 0.2) is 18.3 Å². The van der Waals surface area contributed by atoms with Gasteiger partial charge in [0.15, 0.2) is 0 Å². The number of fused-ring (bicyclic) bond motifs is 3. The zero-order chi connectivity index (χ0) is 16.6. The Morgan fingerprint density at radius 1 is 1.43 bits per heavy atom. The Morgan fingerprint density at radius 3 is 2.91 bits per heavy atom. The fraction of sp³-hybridized carbons (Fsp3) is 0.471. The molecule has 1 aromatic carbocycles. The lowest BCUT2D eigenvalue weighted by Crippen LogP contribution is -2.37. The van der Waals surface area contributed by atoms with Crippen LogP contribution in [0.3, 0.4) is 0 Å². The molecule has 5 nitrogen and oxygen atoms in total. The van der Waals surface area contributed by atoms with Crippen LogP contribution in [0.2, 0.25) is 0 Å². The summed E-state index contributed by atoms with van der Waals surface area (Å²) in [6.07, 6.45) is 1.58. The maximum absolute atomic E-state index is 12.4. The molecule has 6 heteroatoms. The van der Waals surface area contributed by atoms with Crippen LogP contribution in [0, 0.1) is 0 Å². The van der Waals surface area contributed by atoms with Gasteiger partial charge in [0.1, 0.15) is 18.0 Å². The molecule has 2 aromatic rings. The van der Waals surface area contributed by atoms with E-state index in [0.29, 0.717) is 25.6 Å². The summed E-state index contributed by atoms with van der Waals surface area (Å²) in [5, 5.41) is 1.04. The summed E-state index contributed by atoms with van der Waals surface area (Å²) in [6, 6.07) is 3.91. The summed E-state index contributed by atoms with van der Waals surface area (Å²) >= 11 is 6.05. The van der Waals surface area contributed by atoms with E-state index in [0.717, 1.165) is 27.8 Å². The smallest absolute Gasteiger partial charge is 0.410 e. The molecule has 1 aliphatic rings. The zero-order valence-corrected chi connectivity index (χ0v) is 14.4. The lowest BCUT2D eigenvalue weighted by atomic mass is 10.1. The number of aromatic nitrogens is 1. The molecule has 0 fully saturated rings. The average Bonchev–Trinajstić information content (AvgIpc) is 2.76. The molecule has 1 aromatic heterocycles. The van der Waals surface area contributed by atoms with Gasteiger partial charge in [-0.25, -0.2) is 4.79 Å². The molecule has 0 unspecified atom stereocenters. The van der Waals surface area contributed by atoms with Gasteiger partial charge < -0.3 is 19.4 Å². The topological polar surface area (TPSA) is 54.6 Å². The number of nitrogens with zero attached hydrogens (tertiary/aromatic N) is 1. The van der Waals surface area contributed by atoms with Crippen molar-refractivity contribution in [1.82, 2.24) is 9.88 Å². The summed E-state index contributed by atoms with van der Waals surface area (Å²) in [5.41, 5.74) is 2.46. The quantitative estimate of drug-likeness (QED) is 0.800. The minimum Gasteiger partial charge on any atom is -0.491 e. The SMILES string of the molecule is CC(C)(C)OC(=O)N1CCOc2ccc3[nH]cc(CCl)c3c2C1. The molecule has 1 amide bonds. The van der Waals surface area contributed by atoms with Gasteiger partial charge in [-0.1, -0.05) is 0 Å². The minimum absolute atomic E-state index is 0.325. The Balaban J connectivity index is 1.98. The van der Waals surface area contributed by atoms with E-state index in [1.54, 1.807) is 4.90 Å². The number of nitrogens with one attached hydrogen (secondary N) is 1. The molecule has 0 atom stereocenters. The molecule has 0 spiro atoms. The average molecular weight is 337 g/mol. The molecule has 23 heavy (non-hydrogen) atoms. The zero-order valence-electron chi connectivity index (χ0n) is 13.6. The molecule has 0 saturated carbocycles. The van der Waals surface area contributed by atoms with Crippen molar-refractivity contribution in [2.24, 2.45) is 0 Å². The van der Waals surface area contributed by atoms with E-state index in [2.05, 4.69) is 4.98 Å². The number of halogens is 1. The highest BCUT2D eigenvalue weighted by Gasteiger charge is 2.26. The third-order valence-electron chi connectivity index (χ3n) is 3.76. The van der Waals surface area contributed by atoms with Crippen molar-refractivity contribution < 1.29 is 14.3 Å². The van der Waals surface area contributed by atoms with Crippen molar-refractivity contribution in [2.75, 3.05) is 13.2 Å². The number of hydrogen-bond acceptors (Lipinski definition) is 3. The molecule has 3 rings (SSSR count). The highest BCUT2D eigenvalue weighted by molar-refractivity contribution is 6.18. The lowest BCUT2D eigenvalue weighted by molar-refractivity contribution is 0.0226. The maximum Gasteiger partial charge on any atom is 0.410 e. The van der Waals surface area contributed by atoms with E-state index in [-0.39, 0.29) is 6.09 Å². The second-order valence-corrected chi connectivity index (χ2v) is 6.93. The van der Waals surface area contributed by atoms with Gasteiger partial charge in [0.2, 0.25) is 0 Å². The monoisotopic (exact) mass is 336 g/mol. The number of carbonyl (C=O) groups is 1. The molecule has 0 saturated heterocycles. The van der Waals surface area contributed by atoms with E-state index >= 15 is 0 Å². The summed E-state index contributed by atoms with van der Waals surface area (Å²) in [5.74, 6) is 1.21. The number of alkyl halides is 1. The molecular weight excluding hydrogens is 316 g/mol. The summed E-state index contributed by atoms with van der Waals surface area (Å²) < 4.78 is 11.3. The molecule has 0 radical (unpaired) electrons. The predicted octanol–water partition coefficient (Wildman–Crippen LogP) is 4.04.